The highest BCUT2D eigenvalue weighted by Crippen LogP contribution is 2.35. The molecule has 0 saturated heterocycles. The Morgan fingerprint density at radius 1 is 1.30 bits per heavy atom. The van der Waals surface area contributed by atoms with Crippen LogP contribution in [0.2, 0.25) is 0 Å². The van der Waals surface area contributed by atoms with E-state index >= 15 is 0 Å². The average Bonchev–Trinajstić information content (AvgIpc) is 2.87. The molecule has 1 aromatic carbocycles. The van der Waals surface area contributed by atoms with E-state index in [-0.39, 0.29) is 17.8 Å². The Morgan fingerprint density at radius 3 is 2.65 bits per heavy atom. The number of carbonyl (C=O) groups is 2. The van der Waals surface area contributed by atoms with E-state index in [0.29, 0.717) is 36.5 Å². The molecule has 3 rings (SSSR count). The summed E-state index contributed by atoms with van der Waals surface area (Å²) in [5.74, 6) is -0.486. The van der Waals surface area contributed by atoms with Gasteiger partial charge in [-0.2, -0.15) is 0 Å². The maximum atomic E-state index is 13.1. The number of rotatable bonds is 4. The Morgan fingerprint density at radius 2 is 2.00 bits per heavy atom. The van der Waals surface area contributed by atoms with Crippen LogP contribution in [0.1, 0.15) is 11.6 Å². The van der Waals surface area contributed by atoms with Crippen LogP contribution >= 0.6 is 0 Å². The highest BCUT2D eigenvalue weighted by molar-refractivity contribution is 6.01. The highest BCUT2D eigenvalue weighted by Gasteiger charge is 2.42. The van der Waals surface area contributed by atoms with Crippen LogP contribution in [0, 0.1) is 5.82 Å². The Hall–Kier alpha value is -2.41. The molecule has 3 amide bonds. The number of nitrogens with zero attached hydrogens (tertiary/aromatic N) is 2. The first-order valence-corrected chi connectivity index (χ1v) is 7.34. The lowest BCUT2D eigenvalue weighted by Crippen LogP contribution is -2.45. The van der Waals surface area contributed by atoms with Gasteiger partial charge >= 0.3 is 6.03 Å². The van der Waals surface area contributed by atoms with E-state index in [9.17, 15) is 14.0 Å². The molecule has 23 heavy (non-hydrogen) atoms. The maximum absolute atomic E-state index is 13.1. The Kier molecular flexibility index (Phi) is 4.04. The standard InChI is InChI=1S/C16H18FN3O3/c1-19-12-9-20(7-8-23-2)15(21)13(12)14(18-16(19)22)10-3-5-11(17)6-4-10/h3-6,14H,7-9H2,1-2H3,(H,18,22). The van der Waals surface area contributed by atoms with E-state index in [1.54, 1.807) is 31.2 Å². The molecule has 0 aliphatic carbocycles. The third-order valence-electron chi connectivity index (χ3n) is 4.20. The number of hydrogen-bond acceptors (Lipinski definition) is 3. The van der Waals surface area contributed by atoms with Crippen LogP contribution in [0.3, 0.4) is 0 Å². The Bertz CT molecular complexity index is 672. The van der Waals surface area contributed by atoms with Crippen LogP contribution in [0.25, 0.3) is 0 Å². The number of urea groups is 1. The number of benzene rings is 1. The van der Waals surface area contributed by atoms with E-state index in [1.807, 2.05) is 0 Å². The van der Waals surface area contributed by atoms with Gasteiger partial charge in [0.05, 0.1) is 30.5 Å². The van der Waals surface area contributed by atoms with E-state index < -0.39 is 6.04 Å². The summed E-state index contributed by atoms with van der Waals surface area (Å²) in [6.07, 6.45) is 0. The fraction of sp³-hybridized carbons (Fsp3) is 0.375. The molecule has 0 aromatic heterocycles. The summed E-state index contributed by atoms with van der Waals surface area (Å²) >= 11 is 0. The van der Waals surface area contributed by atoms with Crippen LogP contribution in [-0.4, -0.2) is 55.6 Å². The molecular formula is C16H18FN3O3. The topological polar surface area (TPSA) is 61.9 Å². The summed E-state index contributed by atoms with van der Waals surface area (Å²) < 4.78 is 18.2. The van der Waals surface area contributed by atoms with Crippen molar-refractivity contribution in [3.05, 3.63) is 46.9 Å². The minimum Gasteiger partial charge on any atom is -0.383 e. The second-order valence-corrected chi connectivity index (χ2v) is 5.57. The first-order valence-electron chi connectivity index (χ1n) is 7.34. The van der Waals surface area contributed by atoms with Gasteiger partial charge in [-0.15, -0.1) is 0 Å². The van der Waals surface area contributed by atoms with Crippen molar-refractivity contribution in [3.8, 4) is 0 Å². The van der Waals surface area contributed by atoms with E-state index in [1.165, 1.54) is 17.0 Å². The third kappa shape index (κ3) is 2.68. The monoisotopic (exact) mass is 319 g/mol. The molecule has 0 fully saturated rings. The van der Waals surface area contributed by atoms with Crippen molar-refractivity contribution < 1.29 is 18.7 Å². The average molecular weight is 319 g/mol. The molecule has 1 atom stereocenters. The van der Waals surface area contributed by atoms with Gasteiger partial charge < -0.3 is 15.0 Å². The molecule has 0 bridgehead atoms. The van der Waals surface area contributed by atoms with Gasteiger partial charge in [0.15, 0.2) is 0 Å². The molecule has 0 radical (unpaired) electrons. The van der Waals surface area contributed by atoms with Gasteiger partial charge in [0.25, 0.3) is 5.91 Å². The minimum absolute atomic E-state index is 0.127. The number of methoxy groups -OCH3 is 1. The molecule has 7 heteroatoms. The second kappa shape index (κ2) is 6.00. The lowest BCUT2D eigenvalue weighted by atomic mass is 9.96. The first kappa shape index (κ1) is 15.5. The zero-order chi connectivity index (χ0) is 16.6. The van der Waals surface area contributed by atoms with Gasteiger partial charge in [-0.3, -0.25) is 9.69 Å². The number of carbonyl (C=O) groups excluding carboxylic acids is 2. The van der Waals surface area contributed by atoms with Crippen LogP contribution in [0.5, 0.6) is 0 Å². The molecule has 2 aliphatic rings. The molecule has 0 saturated carbocycles. The smallest absolute Gasteiger partial charge is 0.322 e. The van der Waals surface area contributed by atoms with E-state index in [2.05, 4.69) is 5.32 Å². The van der Waals surface area contributed by atoms with Crippen LogP contribution in [0.4, 0.5) is 9.18 Å². The molecule has 122 valence electrons. The van der Waals surface area contributed by atoms with Crippen LogP contribution < -0.4 is 5.32 Å². The lowest BCUT2D eigenvalue weighted by Gasteiger charge is -2.31. The highest BCUT2D eigenvalue weighted by atomic mass is 19.1. The predicted octanol–water partition coefficient (Wildman–Crippen LogP) is 1.26. The summed E-state index contributed by atoms with van der Waals surface area (Å²) in [5.41, 5.74) is 1.90. The molecule has 1 unspecified atom stereocenters. The SMILES string of the molecule is COCCN1CC2=C(C1=O)C(c1ccc(F)cc1)NC(=O)N2C. The summed E-state index contributed by atoms with van der Waals surface area (Å²) in [4.78, 5) is 28.0. The quantitative estimate of drug-likeness (QED) is 0.909. The fourth-order valence-electron chi connectivity index (χ4n) is 2.91. The van der Waals surface area contributed by atoms with Gasteiger partial charge in [-0.25, -0.2) is 9.18 Å². The molecule has 0 spiro atoms. The van der Waals surface area contributed by atoms with Crippen molar-refractivity contribution in [1.82, 2.24) is 15.1 Å². The first-order chi connectivity index (χ1) is 11.0. The molecule has 1 N–H and O–H groups in total. The van der Waals surface area contributed by atoms with Crippen LogP contribution in [-0.2, 0) is 9.53 Å². The lowest BCUT2D eigenvalue weighted by molar-refractivity contribution is -0.126. The van der Waals surface area contributed by atoms with Gasteiger partial charge in [0, 0.05) is 20.7 Å². The zero-order valence-electron chi connectivity index (χ0n) is 13.0. The normalized spacial score (nSPS) is 20.9. The fourth-order valence-corrected chi connectivity index (χ4v) is 2.91. The van der Waals surface area contributed by atoms with Crippen molar-refractivity contribution in [2.45, 2.75) is 6.04 Å². The second-order valence-electron chi connectivity index (χ2n) is 5.57. The van der Waals surface area contributed by atoms with Crippen molar-refractivity contribution in [3.63, 3.8) is 0 Å². The Labute approximate surface area is 133 Å². The van der Waals surface area contributed by atoms with Crippen molar-refractivity contribution >= 4 is 11.9 Å². The minimum atomic E-state index is -0.561. The zero-order valence-corrected chi connectivity index (χ0v) is 13.0. The number of nitrogens with one attached hydrogen (secondary N) is 1. The largest absolute Gasteiger partial charge is 0.383 e. The van der Waals surface area contributed by atoms with Gasteiger partial charge in [-0.1, -0.05) is 12.1 Å². The molecule has 2 heterocycles. The van der Waals surface area contributed by atoms with Crippen molar-refractivity contribution in [2.24, 2.45) is 0 Å². The summed E-state index contributed by atoms with van der Waals surface area (Å²) in [6, 6.07) is 4.97. The Balaban J connectivity index is 1.96. The summed E-state index contributed by atoms with van der Waals surface area (Å²) in [6.45, 7) is 1.26. The van der Waals surface area contributed by atoms with Gasteiger partial charge in [-0.05, 0) is 17.7 Å². The maximum Gasteiger partial charge on any atom is 0.322 e. The number of hydrogen-bond donors (Lipinski definition) is 1. The summed E-state index contributed by atoms with van der Waals surface area (Å²) in [7, 11) is 3.21. The molecular weight excluding hydrogens is 301 g/mol. The number of ether oxygens (including phenoxy) is 1. The van der Waals surface area contributed by atoms with Crippen molar-refractivity contribution in [1.29, 1.82) is 0 Å². The molecule has 6 nitrogen and oxygen atoms in total. The van der Waals surface area contributed by atoms with Crippen LogP contribution in [0.15, 0.2) is 35.5 Å². The van der Waals surface area contributed by atoms with Crippen molar-refractivity contribution in [2.75, 3.05) is 33.9 Å². The number of likely N-dealkylation sites (N-methyl/N-ethyl adjacent to an activating group) is 1. The number of halogens is 1. The van der Waals surface area contributed by atoms with E-state index in [4.69, 9.17) is 4.74 Å². The summed E-state index contributed by atoms with van der Waals surface area (Å²) in [5, 5.41) is 2.81. The van der Waals surface area contributed by atoms with E-state index in [0.717, 1.165) is 0 Å². The molecule has 1 aromatic rings. The third-order valence-corrected chi connectivity index (χ3v) is 4.20. The number of amides is 3. The predicted molar refractivity (Wildman–Crippen MR) is 80.9 cm³/mol. The van der Waals surface area contributed by atoms with Gasteiger partial charge in [0.2, 0.25) is 0 Å². The van der Waals surface area contributed by atoms with Gasteiger partial charge in [0.1, 0.15) is 5.82 Å². The molecule has 2 aliphatic heterocycles.